The van der Waals surface area contributed by atoms with Crippen LogP contribution in [0.4, 0.5) is 0 Å². The molecule has 4 heterocycles. The van der Waals surface area contributed by atoms with E-state index >= 15 is 0 Å². The summed E-state index contributed by atoms with van der Waals surface area (Å²) in [5.41, 5.74) is 5.31. The molecule has 0 saturated carbocycles. The molecule has 138 valence electrons. The second-order valence-corrected chi connectivity index (χ2v) is 7.95. The largest absolute Gasteiger partial charge is 0.464 e. The molecule has 3 aliphatic rings. The smallest absolute Gasteiger partial charge is 0.227 e. The molecule has 2 bridgehead atoms. The Kier molecular flexibility index (Phi) is 4.05. The number of hydrogen-bond acceptors (Lipinski definition) is 3. The van der Waals surface area contributed by atoms with Crippen LogP contribution in [0.25, 0.3) is 11.0 Å². The Bertz CT molecular complexity index is 898. The molecule has 5 rings (SSSR count). The first kappa shape index (κ1) is 17.1. The van der Waals surface area contributed by atoms with Crippen molar-refractivity contribution in [2.45, 2.75) is 46.1 Å². The Balaban J connectivity index is 1.60. The van der Waals surface area contributed by atoms with Gasteiger partial charge in [-0.2, -0.15) is 0 Å². The van der Waals surface area contributed by atoms with Crippen LogP contribution >= 0.6 is 0 Å². The highest BCUT2D eigenvalue weighted by Crippen LogP contribution is 2.32. The van der Waals surface area contributed by atoms with Crippen molar-refractivity contribution in [1.82, 2.24) is 9.80 Å². The standard InChI is InChI=1S/C21H26N2O3/c1-12-7-13(2)19-16(11-26-20(19)14(12)3)8-18(24)23-9-15-5-6-17(10-23)22(4)21(15)25/h7,11,15,17H,5-6,8-10H2,1-4H3. The molecule has 2 aromatic rings. The van der Waals surface area contributed by atoms with E-state index in [1.54, 1.807) is 6.26 Å². The maximum atomic E-state index is 13.0. The number of nitrogens with zero attached hydrogens (tertiary/aromatic N) is 2. The zero-order chi connectivity index (χ0) is 18.6. The van der Waals surface area contributed by atoms with Gasteiger partial charge in [0, 0.05) is 37.1 Å². The van der Waals surface area contributed by atoms with Gasteiger partial charge in [0.05, 0.1) is 18.6 Å². The molecule has 0 N–H and O–H groups in total. The lowest BCUT2D eigenvalue weighted by molar-refractivity contribution is -0.138. The number of hydrogen-bond donors (Lipinski definition) is 0. The van der Waals surface area contributed by atoms with Gasteiger partial charge in [0.1, 0.15) is 5.58 Å². The maximum Gasteiger partial charge on any atom is 0.227 e. The van der Waals surface area contributed by atoms with Crippen LogP contribution in [0, 0.1) is 26.7 Å². The Morgan fingerprint density at radius 1 is 1.19 bits per heavy atom. The van der Waals surface area contributed by atoms with Gasteiger partial charge in [0.15, 0.2) is 0 Å². The van der Waals surface area contributed by atoms with Crippen molar-refractivity contribution in [2.24, 2.45) is 5.92 Å². The molecule has 2 atom stereocenters. The summed E-state index contributed by atoms with van der Waals surface area (Å²) in [6.45, 7) is 7.39. The van der Waals surface area contributed by atoms with E-state index in [0.29, 0.717) is 19.5 Å². The van der Waals surface area contributed by atoms with Crippen LogP contribution in [-0.2, 0) is 16.0 Å². The van der Waals surface area contributed by atoms with Crippen molar-refractivity contribution in [3.05, 3.63) is 34.6 Å². The van der Waals surface area contributed by atoms with E-state index < -0.39 is 0 Å². The highest BCUT2D eigenvalue weighted by Gasteiger charge is 2.40. The van der Waals surface area contributed by atoms with Crippen LogP contribution in [0.5, 0.6) is 0 Å². The topological polar surface area (TPSA) is 53.8 Å². The van der Waals surface area contributed by atoms with E-state index in [-0.39, 0.29) is 23.8 Å². The van der Waals surface area contributed by atoms with Crippen molar-refractivity contribution in [3.63, 3.8) is 0 Å². The number of carbonyl (C=O) groups excluding carboxylic acids is 2. The van der Waals surface area contributed by atoms with E-state index in [1.807, 2.05) is 16.8 Å². The highest BCUT2D eigenvalue weighted by molar-refractivity contribution is 5.92. The lowest BCUT2D eigenvalue weighted by atomic mass is 9.95. The van der Waals surface area contributed by atoms with Gasteiger partial charge in [0.25, 0.3) is 0 Å². The van der Waals surface area contributed by atoms with Crippen LogP contribution in [0.15, 0.2) is 16.7 Å². The molecule has 2 amide bonds. The summed E-state index contributed by atoms with van der Waals surface area (Å²) >= 11 is 0. The van der Waals surface area contributed by atoms with E-state index in [9.17, 15) is 9.59 Å². The maximum absolute atomic E-state index is 13.0. The molecule has 5 nitrogen and oxygen atoms in total. The number of aryl methyl sites for hydroxylation is 3. The fourth-order valence-corrected chi connectivity index (χ4v) is 4.55. The molecule has 0 radical (unpaired) electrons. The average Bonchev–Trinajstić information content (AvgIpc) is 2.83. The fourth-order valence-electron chi connectivity index (χ4n) is 4.55. The quantitative estimate of drug-likeness (QED) is 0.833. The molecular formula is C21H26N2O3. The van der Waals surface area contributed by atoms with Gasteiger partial charge in [-0.25, -0.2) is 0 Å². The molecule has 5 heteroatoms. The van der Waals surface area contributed by atoms with Crippen LogP contribution in [0.1, 0.15) is 35.1 Å². The number of piperidine rings is 1. The summed E-state index contributed by atoms with van der Waals surface area (Å²) in [7, 11) is 1.87. The van der Waals surface area contributed by atoms with E-state index in [2.05, 4.69) is 26.8 Å². The highest BCUT2D eigenvalue weighted by atomic mass is 16.3. The van der Waals surface area contributed by atoms with Gasteiger partial charge >= 0.3 is 0 Å². The molecule has 2 unspecified atom stereocenters. The van der Waals surface area contributed by atoms with Crippen molar-refractivity contribution < 1.29 is 14.0 Å². The zero-order valence-corrected chi connectivity index (χ0v) is 16.0. The lowest BCUT2D eigenvalue weighted by Crippen LogP contribution is -2.45. The SMILES string of the molecule is Cc1cc(C)c2c(CC(=O)N3CC4CCC(C3)N(C)C4=O)coc2c1C. The Morgan fingerprint density at radius 2 is 1.96 bits per heavy atom. The van der Waals surface area contributed by atoms with Gasteiger partial charge in [-0.15, -0.1) is 0 Å². The van der Waals surface area contributed by atoms with Crippen molar-refractivity contribution in [2.75, 3.05) is 20.1 Å². The normalized spacial score (nSPS) is 23.0. The van der Waals surface area contributed by atoms with Crippen LogP contribution in [0.2, 0.25) is 0 Å². The predicted octanol–water partition coefficient (Wildman–Crippen LogP) is 2.98. The number of likely N-dealkylation sites (N-methyl/N-ethyl adjacent to an activating group) is 1. The molecule has 3 aliphatic heterocycles. The summed E-state index contributed by atoms with van der Waals surface area (Å²) in [5, 5.41) is 1.06. The minimum Gasteiger partial charge on any atom is -0.464 e. The monoisotopic (exact) mass is 354 g/mol. The molecule has 1 aromatic heterocycles. The van der Waals surface area contributed by atoms with E-state index in [1.165, 1.54) is 5.56 Å². The van der Waals surface area contributed by atoms with Crippen LogP contribution in [-0.4, -0.2) is 47.8 Å². The van der Waals surface area contributed by atoms with Crippen LogP contribution in [0.3, 0.4) is 0 Å². The Labute approximate surface area is 153 Å². The molecule has 0 aliphatic carbocycles. The number of rotatable bonds is 2. The number of furan rings is 1. The Hall–Kier alpha value is -2.30. The number of benzene rings is 1. The summed E-state index contributed by atoms with van der Waals surface area (Å²) < 4.78 is 5.81. The zero-order valence-electron chi connectivity index (χ0n) is 16.0. The summed E-state index contributed by atoms with van der Waals surface area (Å²) in [6, 6.07) is 2.30. The summed E-state index contributed by atoms with van der Waals surface area (Å²) in [5.74, 6) is 0.230. The number of carbonyl (C=O) groups is 2. The number of fused-ring (bicyclic) bond motifs is 5. The van der Waals surface area contributed by atoms with Crippen molar-refractivity contribution in [1.29, 1.82) is 0 Å². The summed E-state index contributed by atoms with van der Waals surface area (Å²) in [4.78, 5) is 29.1. The van der Waals surface area contributed by atoms with E-state index in [0.717, 1.165) is 40.5 Å². The first-order valence-corrected chi connectivity index (χ1v) is 9.38. The lowest BCUT2D eigenvalue weighted by Gasteiger charge is -2.32. The minimum absolute atomic E-state index is 0.0459. The first-order valence-electron chi connectivity index (χ1n) is 9.38. The molecule has 1 aromatic carbocycles. The van der Waals surface area contributed by atoms with E-state index in [4.69, 9.17) is 4.42 Å². The van der Waals surface area contributed by atoms with Crippen molar-refractivity contribution >= 4 is 22.8 Å². The van der Waals surface area contributed by atoms with Gasteiger partial charge < -0.3 is 14.2 Å². The third-order valence-electron chi connectivity index (χ3n) is 6.29. The molecule has 26 heavy (non-hydrogen) atoms. The van der Waals surface area contributed by atoms with Gasteiger partial charge in [-0.05, 0) is 50.3 Å². The van der Waals surface area contributed by atoms with Crippen molar-refractivity contribution in [3.8, 4) is 0 Å². The Morgan fingerprint density at radius 3 is 2.73 bits per heavy atom. The number of amides is 2. The second-order valence-electron chi connectivity index (χ2n) is 7.95. The average molecular weight is 354 g/mol. The molecule has 3 fully saturated rings. The fraction of sp³-hybridized carbons (Fsp3) is 0.524. The van der Waals surface area contributed by atoms with Gasteiger partial charge in [-0.3, -0.25) is 9.59 Å². The minimum atomic E-state index is -0.0459. The molecule has 3 saturated heterocycles. The molecule has 0 spiro atoms. The van der Waals surface area contributed by atoms with Gasteiger partial charge in [0.2, 0.25) is 11.8 Å². The van der Waals surface area contributed by atoms with Crippen LogP contribution < -0.4 is 0 Å². The third kappa shape index (κ3) is 2.61. The predicted molar refractivity (Wildman–Crippen MR) is 100.0 cm³/mol. The third-order valence-corrected chi connectivity index (χ3v) is 6.29. The second kappa shape index (κ2) is 6.15. The summed E-state index contributed by atoms with van der Waals surface area (Å²) in [6.07, 6.45) is 3.94. The first-order chi connectivity index (χ1) is 12.4. The molecular weight excluding hydrogens is 328 g/mol. The van der Waals surface area contributed by atoms with Gasteiger partial charge in [-0.1, -0.05) is 6.07 Å².